The van der Waals surface area contributed by atoms with Gasteiger partial charge in [-0.2, -0.15) is 10.1 Å². The van der Waals surface area contributed by atoms with E-state index in [0.29, 0.717) is 18.3 Å². The van der Waals surface area contributed by atoms with Crippen molar-refractivity contribution in [3.05, 3.63) is 53.7 Å². The van der Waals surface area contributed by atoms with Crippen molar-refractivity contribution in [1.82, 2.24) is 25.2 Å². The molecule has 0 saturated carbocycles. The molecule has 1 N–H and O–H groups in total. The molecule has 0 amide bonds. The molecule has 6 nitrogen and oxygen atoms in total. The first kappa shape index (κ1) is 16.4. The standard InChI is InChI=1S/C18H23N5O/c1-12-9-20-23(11-12)15(4)14(3)19-10-17-21-18(22-24-17)16-8-6-5-7-13(16)2/h5-9,11,14-15,19H,10H2,1-4H3/t14-,15-/m0/s1. The molecule has 2 atom stereocenters. The van der Waals surface area contributed by atoms with E-state index in [1.54, 1.807) is 0 Å². The molecule has 0 aliphatic heterocycles. The molecule has 6 heteroatoms. The minimum atomic E-state index is 0.220. The molecule has 24 heavy (non-hydrogen) atoms. The van der Waals surface area contributed by atoms with Crippen LogP contribution in [0.1, 0.15) is 36.9 Å². The highest BCUT2D eigenvalue weighted by atomic mass is 16.5. The molecule has 0 spiro atoms. The lowest BCUT2D eigenvalue weighted by Crippen LogP contribution is -2.33. The number of rotatable bonds is 6. The van der Waals surface area contributed by atoms with Crippen LogP contribution in [0.2, 0.25) is 0 Å². The van der Waals surface area contributed by atoms with Gasteiger partial charge in [-0.15, -0.1) is 0 Å². The average molecular weight is 325 g/mol. The van der Waals surface area contributed by atoms with E-state index in [1.165, 1.54) is 0 Å². The van der Waals surface area contributed by atoms with Crippen LogP contribution in [-0.2, 0) is 6.54 Å². The Morgan fingerprint density at radius 3 is 2.71 bits per heavy atom. The maximum absolute atomic E-state index is 5.37. The van der Waals surface area contributed by atoms with Crippen molar-refractivity contribution < 1.29 is 4.52 Å². The van der Waals surface area contributed by atoms with Gasteiger partial charge in [0.1, 0.15) is 0 Å². The molecular weight excluding hydrogens is 302 g/mol. The Balaban J connectivity index is 1.62. The van der Waals surface area contributed by atoms with Gasteiger partial charge in [-0.25, -0.2) is 0 Å². The first-order chi connectivity index (χ1) is 11.5. The van der Waals surface area contributed by atoms with Gasteiger partial charge < -0.3 is 9.84 Å². The summed E-state index contributed by atoms with van der Waals surface area (Å²) in [5.74, 6) is 1.22. The minimum Gasteiger partial charge on any atom is -0.338 e. The fraction of sp³-hybridized carbons (Fsp3) is 0.389. The number of benzene rings is 1. The fourth-order valence-corrected chi connectivity index (χ4v) is 2.56. The van der Waals surface area contributed by atoms with Crippen molar-refractivity contribution in [2.75, 3.05) is 0 Å². The normalized spacial score (nSPS) is 13.8. The zero-order valence-corrected chi connectivity index (χ0v) is 14.5. The van der Waals surface area contributed by atoms with E-state index < -0.39 is 0 Å². The lowest BCUT2D eigenvalue weighted by atomic mass is 10.1. The third-order valence-corrected chi connectivity index (χ3v) is 4.30. The largest absolute Gasteiger partial charge is 0.338 e. The Labute approximate surface area is 141 Å². The summed E-state index contributed by atoms with van der Waals surface area (Å²) in [6.45, 7) is 8.88. The molecule has 0 aliphatic rings. The summed E-state index contributed by atoms with van der Waals surface area (Å²) in [5, 5.41) is 11.9. The molecule has 3 aromatic rings. The molecule has 0 bridgehead atoms. The monoisotopic (exact) mass is 325 g/mol. The molecule has 1 aromatic carbocycles. The van der Waals surface area contributed by atoms with Gasteiger partial charge in [0, 0.05) is 17.8 Å². The Morgan fingerprint density at radius 1 is 1.21 bits per heavy atom. The van der Waals surface area contributed by atoms with Gasteiger partial charge in [0.15, 0.2) is 0 Å². The molecule has 2 heterocycles. The van der Waals surface area contributed by atoms with Crippen LogP contribution in [0.3, 0.4) is 0 Å². The van der Waals surface area contributed by atoms with Crippen molar-refractivity contribution >= 4 is 0 Å². The number of nitrogens with zero attached hydrogens (tertiary/aromatic N) is 4. The van der Waals surface area contributed by atoms with Gasteiger partial charge in [-0.05, 0) is 38.8 Å². The smallest absolute Gasteiger partial charge is 0.240 e. The summed E-state index contributed by atoms with van der Waals surface area (Å²) in [5.41, 5.74) is 3.30. The van der Waals surface area contributed by atoms with Gasteiger partial charge in [0.25, 0.3) is 0 Å². The lowest BCUT2D eigenvalue weighted by molar-refractivity contribution is 0.325. The van der Waals surface area contributed by atoms with Crippen molar-refractivity contribution in [2.45, 2.75) is 46.3 Å². The highest BCUT2D eigenvalue weighted by Crippen LogP contribution is 2.20. The first-order valence-corrected chi connectivity index (χ1v) is 8.17. The van der Waals surface area contributed by atoms with Crippen LogP contribution >= 0.6 is 0 Å². The lowest BCUT2D eigenvalue weighted by Gasteiger charge is -2.20. The van der Waals surface area contributed by atoms with E-state index in [9.17, 15) is 0 Å². The highest BCUT2D eigenvalue weighted by molar-refractivity contribution is 5.58. The summed E-state index contributed by atoms with van der Waals surface area (Å²) in [6, 6.07) is 8.48. The molecule has 0 saturated heterocycles. The minimum absolute atomic E-state index is 0.220. The van der Waals surface area contributed by atoms with Gasteiger partial charge in [-0.3, -0.25) is 4.68 Å². The van der Waals surface area contributed by atoms with E-state index >= 15 is 0 Å². The number of aryl methyl sites for hydroxylation is 2. The second-order valence-electron chi connectivity index (χ2n) is 6.23. The summed E-state index contributed by atoms with van der Waals surface area (Å²) in [6.07, 6.45) is 3.92. The number of hydrogen-bond acceptors (Lipinski definition) is 5. The Hall–Kier alpha value is -2.47. The van der Waals surface area contributed by atoms with Crippen LogP contribution < -0.4 is 5.32 Å². The predicted molar refractivity (Wildman–Crippen MR) is 92.4 cm³/mol. The van der Waals surface area contributed by atoms with Crippen molar-refractivity contribution in [2.24, 2.45) is 0 Å². The number of hydrogen-bond donors (Lipinski definition) is 1. The molecule has 0 aliphatic carbocycles. The summed E-state index contributed by atoms with van der Waals surface area (Å²) < 4.78 is 7.34. The van der Waals surface area contributed by atoms with Crippen LogP contribution in [0.4, 0.5) is 0 Å². The van der Waals surface area contributed by atoms with E-state index in [1.807, 2.05) is 55.2 Å². The molecule has 3 rings (SSSR count). The maximum atomic E-state index is 5.37. The van der Waals surface area contributed by atoms with Gasteiger partial charge in [0.05, 0.1) is 18.8 Å². The summed E-state index contributed by atoms with van der Waals surface area (Å²) in [4.78, 5) is 4.49. The quantitative estimate of drug-likeness (QED) is 0.753. The summed E-state index contributed by atoms with van der Waals surface area (Å²) >= 11 is 0. The van der Waals surface area contributed by atoms with Crippen LogP contribution in [0.25, 0.3) is 11.4 Å². The molecule has 126 valence electrons. The Kier molecular flexibility index (Phi) is 4.76. The van der Waals surface area contributed by atoms with E-state index in [2.05, 4.69) is 34.4 Å². The van der Waals surface area contributed by atoms with Gasteiger partial charge in [0.2, 0.25) is 11.7 Å². The first-order valence-electron chi connectivity index (χ1n) is 8.17. The van der Waals surface area contributed by atoms with Crippen molar-refractivity contribution in [1.29, 1.82) is 0 Å². The maximum Gasteiger partial charge on any atom is 0.240 e. The zero-order chi connectivity index (χ0) is 17.1. The molecule has 0 fully saturated rings. The van der Waals surface area contributed by atoms with Crippen LogP contribution in [0.5, 0.6) is 0 Å². The summed E-state index contributed by atoms with van der Waals surface area (Å²) in [7, 11) is 0. The molecule has 2 aromatic heterocycles. The zero-order valence-electron chi connectivity index (χ0n) is 14.5. The molecule has 0 unspecified atom stereocenters. The SMILES string of the molecule is Cc1cnn([C@@H](C)[C@H](C)NCc2nc(-c3ccccc3C)no2)c1. The number of nitrogens with one attached hydrogen (secondary N) is 1. The molecule has 0 radical (unpaired) electrons. The van der Waals surface area contributed by atoms with Crippen molar-refractivity contribution in [3.63, 3.8) is 0 Å². The van der Waals surface area contributed by atoms with Gasteiger partial charge >= 0.3 is 0 Å². The topological polar surface area (TPSA) is 68.8 Å². The second kappa shape index (κ2) is 6.97. The third kappa shape index (κ3) is 3.54. The molecular formula is C18H23N5O. The van der Waals surface area contributed by atoms with E-state index in [4.69, 9.17) is 4.52 Å². The highest BCUT2D eigenvalue weighted by Gasteiger charge is 2.16. The van der Waals surface area contributed by atoms with Crippen molar-refractivity contribution in [3.8, 4) is 11.4 Å². The second-order valence-corrected chi connectivity index (χ2v) is 6.23. The Morgan fingerprint density at radius 2 is 2.00 bits per heavy atom. The fourth-order valence-electron chi connectivity index (χ4n) is 2.56. The van der Waals surface area contributed by atoms with Gasteiger partial charge in [-0.1, -0.05) is 29.4 Å². The van der Waals surface area contributed by atoms with E-state index in [0.717, 1.165) is 16.7 Å². The third-order valence-electron chi connectivity index (χ3n) is 4.30. The predicted octanol–water partition coefficient (Wildman–Crippen LogP) is 3.29. The van der Waals surface area contributed by atoms with E-state index in [-0.39, 0.29) is 12.1 Å². The average Bonchev–Trinajstić information content (AvgIpc) is 3.21. The van der Waals surface area contributed by atoms with Crippen LogP contribution in [0, 0.1) is 13.8 Å². The Bertz CT molecular complexity index is 807. The van der Waals surface area contributed by atoms with Crippen LogP contribution in [0.15, 0.2) is 41.2 Å². The number of aromatic nitrogens is 4. The van der Waals surface area contributed by atoms with Crippen LogP contribution in [-0.4, -0.2) is 26.0 Å².